The van der Waals surface area contributed by atoms with Crippen LogP contribution in [0.15, 0.2) is 84.9 Å². The normalized spacial score (nSPS) is 13.4. The minimum absolute atomic E-state index is 0.0517. The summed E-state index contributed by atoms with van der Waals surface area (Å²) < 4.78 is 0. The van der Waals surface area contributed by atoms with Crippen molar-refractivity contribution in [3.05, 3.63) is 107 Å². The van der Waals surface area contributed by atoms with Crippen molar-refractivity contribution in [3.8, 4) is 0 Å². The molecule has 0 heterocycles. The number of nitrogens with one attached hydrogen (secondary N) is 2. The Balaban J connectivity index is 1.73. The number of benzene rings is 3. The van der Waals surface area contributed by atoms with Gasteiger partial charge in [0.25, 0.3) is 11.8 Å². The molecule has 0 aliphatic heterocycles. The van der Waals surface area contributed by atoms with E-state index in [1.165, 1.54) is 0 Å². The quantitative estimate of drug-likeness (QED) is 0.282. The number of aliphatic hydroxyl groups is 1. The van der Waals surface area contributed by atoms with Crippen molar-refractivity contribution >= 4 is 11.8 Å². The molecule has 0 saturated heterocycles. The summed E-state index contributed by atoms with van der Waals surface area (Å²) in [5, 5.41) is 17.6. The van der Waals surface area contributed by atoms with Gasteiger partial charge in [0.15, 0.2) is 0 Å². The molecule has 0 saturated carbocycles. The van der Waals surface area contributed by atoms with Crippen LogP contribution in [0, 0.1) is 0 Å². The van der Waals surface area contributed by atoms with Crippen molar-refractivity contribution < 1.29 is 14.7 Å². The van der Waals surface area contributed by atoms with Gasteiger partial charge in [0.2, 0.25) is 0 Å². The molecule has 0 unspecified atom stereocenters. The van der Waals surface area contributed by atoms with Gasteiger partial charge in [-0.2, -0.15) is 0 Å². The summed E-state index contributed by atoms with van der Waals surface area (Å²) >= 11 is 0. The number of nitrogens with zero attached hydrogens (tertiary/aromatic N) is 1. The number of carbonyl (C=O) groups excluding carboxylic acids is 2. The van der Waals surface area contributed by atoms with E-state index < -0.39 is 12.1 Å². The Morgan fingerprint density at radius 3 is 2.08 bits per heavy atom. The highest BCUT2D eigenvalue weighted by Crippen LogP contribution is 2.14. The van der Waals surface area contributed by atoms with E-state index >= 15 is 0 Å². The SMILES string of the molecule is CCCN(CCC)C(=O)c1cccc(C(=O)N[C@@H](Cc2ccccc2)[C@@H](O)CN[C@H](C)c2ccccc2)c1. The summed E-state index contributed by atoms with van der Waals surface area (Å²) in [6.07, 6.45) is 1.41. The van der Waals surface area contributed by atoms with Crippen LogP contribution in [0.25, 0.3) is 0 Å². The number of hydrogen-bond donors (Lipinski definition) is 3. The molecule has 0 aromatic heterocycles. The topological polar surface area (TPSA) is 81.7 Å². The number of carbonyl (C=O) groups is 2. The van der Waals surface area contributed by atoms with Crippen LogP contribution in [-0.2, 0) is 6.42 Å². The Morgan fingerprint density at radius 1 is 0.842 bits per heavy atom. The average molecular weight is 516 g/mol. The van der Waals surface area contributed by atoms with Crippen LogP contribution < -0.4 is 10.6 Å². The molecule has 2 amide bonds. The van der Waals surface area contributed by atoms with Gasteiger partial charge >= 0.3 is 0 Å². The maximum absolute atomic E-state index is 13.3. The van der Waals surface area contributed by atoms with Crippen molar-refractivity contribution in [1.29, 1.82) is 0 Å². The molecule has 0 radical (unpaired) electrons. The van der Waals surface area contributed by atoms with E-state index in [0.29, 0.717) is 37.2 Å². The van der Waals surface area contributed by atoms with Gasteiger partial charge in [-0.15, -0.1) is 0 Å². The molecule has 6 heteroatoms. The number of amides is 2. The molecule has 3 atom stereocenters. The second-order valence-corrected chi connectivity index (χ2v) is 9.75. The Morgan fingerprint density at radius 2 is 1.45 bits per heavy atom. The van der Waals surface area contributed by atoms with Crippen molar-refractivity contribution in [2.45, 2.75) is 58.2 Å². The Bertz CT molecular complexity index is 1130. The second-order valence-electron chi connectivity index (χ2n) is 9.75. The third kappa shape index (κ3) is 8.54. The molecule has 3 rings (SSSR count). The van der Waals surface area contributed by atoms with Crippen LogP contribution in [-0.4, -0.2) is 53.6 Å². The van der Waals surface area contributed by atoms with Gasteiger partial charge in [-0.25, -0.2) is 0 Å². The first-order valence-electron chi connectivity index (χ1n) is 13.6. The maximum Gasteiger partial charge on any atom is 0.253 e. The van der Waals surface area contributed by atoms with Gasteiger partial charge in [-0.05, 0) is 55.5 Å². The molecule has 0 bridgehead atoms. The minimum Gasteiger partial charge on any atom is -0.390 e. The van der Waals surface area contributed by atoms with Crippen molar-refractivity contribution in [3.63, 3.8) is 0 Å². The lowest BCUT2D eigenvalue weighted by atomic mass is 9.99. The molecular weight excluding hydrogens is 474 g/mol. The highest BCUT2D eigenvalue weighted by molar-refractivity contribution is 5.99. The third-order valence-electron chi connectivity index (χ3n) is 6.66. The molecule has 0 aliphatic carbocycles. The lowest BCUT2D eigenvalue weighted by molar-refractivity contribution is 0.0755. The van der Waals surface area contributed by atoms with Gasteiger partial charge in [0, 0.05) is 36.8 Å². The molecule has 38 heavy (non-hydrogen) atoms. The van der Waals surface area contributed by atoms with Crippen LogP contribution in [0.2, 0.25) is 0 Å². The molecule has 0 aliphatic rings. The van der Waals surface area contributed by atoms with Gasteiger partial charge in [0.1, 0.15) is 0 Å². The van der Waals surface area contributed by atoms with Gasteiger partial charge < -0.3 is 20.6 Å². The summed E-state index contributed by atoms with van der Waals surface area (Å²) in [6.45, 7) is 7.83. The van der Waals surface area contributed by atoms with E-state index in [4.69, 9.17) is 0 Å². The summed E-state index contributed by atoms with van der Waals surface area (Å²) in [6, 6.07) is 26.2. The van der Waals surface area contributed by atoms with Crippen molar-refractivity contribution in [2.24, 2.45) is 0 Å². The smallest absolute Gasteiger partial charge is 0.253 e. The van der Waals surface area contributed by atoms with Crippen LogP contribution >= 0.6 is 0 Å². The predicted molar refractivity (Wildman–Crippen MR) is 153 cm³/mol. The second kappa shape index (κ2) is 15.1. The molecule has 0 fully saturated rings. The molecule has 3 aromatic rings. The Kier molecular flexibility index (Phi) is 11.5. The molecule has 3 aromatic carbocycles. The number of aliphatic hydroxyl groups excluding tert-OH is 1. The lowest BCUT2D eigenvalue weighted by Crippen LogP contribution is -2.49. The van der Waals surface area contributed by atoms with Gasteiger partial charge in [-0.1, -0.05) is 80.6 Å². The van der Waals surface area contributed by atoms with Crippen molar-refractivity contribution in [2.75, 3.05) is 19.6 Å². The zero-order chi connectivity index (χ0) is 27.3. The summed E-state index contributed by atoms with van der Waals surface area (Å²) in [4.78, 5) is 28.3. The van der Waals surface area contributed by atoms with Crippen LogP contribution in [0.4, 0.5) is 0 Å². The molecular formula is C32H41N3O3. The van der Waals surface area contributed by atoms with E-state index in [1.807, 2.05) is 79.4 Å². The number of hydrogen-bond acceptors (Lipinski definition) is 4. The average Bonchev–Trinajstić information content (AvgIpc) is 2.96. The Hall–Kier alpha value is -3.48. The maximum atomic E-state index is 13.3. The standard InChI is InChI=1S/C32H41N3O3/c1-4-19-35(20-5-2)32(38)28-18-12-17-27(22-28)31(37)34-29(21-25-13-8-6-9-14-25)30(36)23-33-24(3)26-15-10-7-11-16-26/h6-18,22,24,29-30,33,36H,4-5,19-21,23H2,1-3H3,(H,34,37)/t24-,29+,30+/m1/s1. The molecule has 3 N–H and O–H groups in total. The lowest BCUT2D eigenvalue weighted by Gasteiger charge is -2.26. The highest BCUT2D eigenvalue weighted by Gasteiger charge is 2.24. The van der Waals surface area contributed by atoms with E-state index in [9.17, 15) is 14.7 Å². The Labute approximate surface area is 227 Å². The molecule has 6 nitrogen and oxygen atoms in total. The predicted octanol–water partition coefficient (Wildman–Crippen LogP) is 5.00. The van der Waals surface area contributed by atoms with E-state index in [1.54, 1.807) is 24.3 Å². The fourth-order valence-electron chi connectivity index (χ4n) is 4.53. The van der Waals surface area contributed by atoms with Gasteiger partial charge in [0.05, 0.1) is 12.1 Å². The summed E-state index contributed by atoms with van der Waals surface area (Å²) in [7, 11) is 0. The zero-order valence-corrected chi connectivity index (χ0v) is 22.8. The first kappa shape index (κ1) is 29.1. The first-order valence-corrected chi connectivity index (χ1v) is 13.6. The molecule has 202 valence electrons. The van der Waals surface area contributed by atoms with E-state index in [-0.39, 0.29) is 17.9 Å². The number of rotatable bonds is 14. The summed E-state index contributed by atoms with van der Waals surface area (Å²) in [5.41, 5.74) is 3.05. The van der Waals surface area contributed by atoms with Crippen LogP contribution in [0.5, 0.6) is 0 Å². The fraction of sp³-hybridized carbons (Fsp3) is 0.375. The summed E-state index contributed by atoms with van der Waals surface area (Å²) in [5.74, 6) is -0.378. The van der Waals surface area contributed by atoms with E-state index in [2.05, 4.69) is 17.6 Å². The molecule has 0 spiro atoms. The highest BCUT2D eigenvalue weighted by atomic mass is 16.3. The van der Waals surface area contributed by atoms with Gasteiger partial charge in [-0.3, -0.25) is 9.59 Å². The monoisotopic (exact) mass is 515 g/mol. The first-order chi connectivity index (χ1) is 18.4. The van der Waals surface area contributed by atoms with Crippen LogP contribution in [0.1, 0.15) is 71.5 Å². The van der Waals surface area contributed by atoms with Crippen LogP contribution in [0.3, 0.4) is 0 Å². The zero-order valence-electron chi connectivity index (χ0n) is 22.8. The third-order valence-corrected chi connectivity index (χ3v) is 6.66. The van der Waals surface area contributed by atoms with Crippen molar-refractivity contribution in [1.82, 2.24) is 15.5 Å². The fourth-order valence-corrected chi connectivity index (χ4v) is 4.53. The van der Waals surface area contributed by atoms with E-state index in [0.717, 1.165) is 24.0 Å². The largest absolute Gasteiger partial charge is 0.390 e. The minimum atomic E-state index is -0.820.